The number of anilines is 1. The Balaban J connectivity index is 1.69. The van der Waals surface area contributed by atoms with Gasteiger partial charge in [0.1, 0.15) is 17.3 Å². The van der Waals surface area contributed by atoms with Crippen LogP contribution < -0.4 is 9.64 Å². The Morgan fingerprint density at radius 3 is 2.57 bits per heavy atom. The number of aliphatic hydroxyl groups excluding tert-OH is 1. The molecule has 2 heterocycles. The Morgan fingerprint density at radius 2 is 1.86 bits per heavy atom. The van der Waals surface area contributed by atoms with Gasteiger partial charge in [0.05, 0.1) is 28.4 Å². The van der Waals surface area contributed by atoms with Crippen molar-refractivity contribution < 1.29 is 24.5 Å². The minimum absolute atomic E-state index is 0.0194. The quantitative estimate of drug-likeness (QED) is 0.225. The van der Waals surface area contributed by atoms with Crippen molar-refractivity contribution in [3.05, 3.63) is 89.0 Å². The number of phenolic OH excluding ortho intramolecular Hbond substituents is 1. The lowest BCUT2D eigenvalue weighted by Gasteiger charge is -2.23. The van der Waals surface area contributed by atoms with Crippen molar-refractivity contribution in [2.45, 2.75) is 19.9 Å². The summed E-state index contributed by atoms with van der Waals surface area (Å²) in [6, 6.07) is 17.8. The molecule has 4 aromatic rings. The van der Waals surface area contributed by atoms with Crippen molar-refractivity contribution in [2.75, 3.05) is 11.5 Å². The lowest BCUT2D eigenvalue weighted by molar-refractivity contribution is -0.132. The van der Waals surface area contributed by atoms with Crippen molar-refractivity contribution in [2.24, 2.45) is 0 Å². The van der Waals surface area contributed by atoms with E-state index in [2.05, 4.69) is 4.98 Å². The van der Waals surface area contributed by atoms with Gasteiger partial charge in [-0.3, -0.25) is 14.5 Å². The Bertz CT molecular complexity index is 1490. The number of aromatic nitrogens is 1. The summed E-state index contributed by atoms with van der Waals surface area (Å²) in [4.78, 5) is 32.5. The molecular formula is C27H22N2O5S. The average molecular weight is 487 g/mol. The van der Waals surface area contributed by atoms with Gasteiger partial charge in [0.25, 0.3) is 5.78 Å². The predicted molar refractivity (Wildman–Crippen MR) is 135 cm³/mol. The summed E-state index contributed by atoms with van der Waals surface area (Å²) in [6.45, 7) is 4.33. The minimum atomic E-state index is -0.963. The molecule has 0 aliphatic carbocycles. The number of rotatable bonds is 5. The third kappa shape index (κ3) is 4.02. The van der Waals surface area contributed by atoms with Gasteiger partial charge in [-0.05, 0) is 73.5 Å². The molecule has 1 aliphatic heterocycles. The molecule has 0 spiro atoms. The summed E-state index contributed by atoms with van der Waals surface area (Å²) in [7, 11) is 0. The van der Waals surface area contributed by atoms with Gasteiger partial charge in [-0.15, -0.1) is 0 Å². The molecule has 1 aliphatic rings. The van der Waals surface area contributed by atoms with Crippen molar-refractivity contribution in [3.8, 4) is 11.5 Å². The van der Waals surface area contributed by atoms with E-state index in [-0.39, 0.29) is 17.1 Å². The number of nitrogens with zero attached hydrogens (tertiary/aromatic N) is 2. The Labute approximate surface area is 205 Å². The first-order valence-corrected chi connectivity index (χ1v) is 11.9. The summed E-state index contributed by atoms with van der Waals surface area (Å²) in [6.07, 6.45) is 0. The van der Waals surface area contributed by atoms with Gasteiger partial charge in [-0.25, -0.2) is 4.98 Å². The molecule has 2 N–H and O–H groups in total. The van der Waals surface area contributed by atoms with Crippen molar-refractivity contribution in [1.82, 2.24) is 4.98 Å². The number of aliphatic hydroxyl groups is 1. The lowest BCUT2D eigenvalue weighted by atomic mass is 9.95. The summed E-state index contributed by atoms with van der Waals surface area (Å²) < 4.78 is 6.34. The number of phenols is 1. The fourth-order valence-corrected chi connectivity index (χ4v) is 5.28. The number of aryl methyl sites for hydroxylation is 1. The van der Waals surface area contributed by atoms with Crippen LogP contribution in [0.3, 0.4) is 0 Å². The topological polar surface area (TPSA) is 100.0 Å². The van der Waals surface area contributed by atoms with Crippen LogP contribution in [0.1, 0.15) is 29.7 Å². The number of carbonyl (C=O) groups excluding carboxylic acids is 2. The van der Waals surface area contributed by atoms with Crippen LogP contribution >= 0.6 is 11.3 Å². The highest BCUT2D eigenvalue weighted by molar-refractivity contribution is 7.22. The maximum absolute atomic E-state index is 13.3. The number of aromatic hydroxyl groups is 1. The maximum Gasteiger partial charge on any atom is 0.301 e. The Kier molecular flexibility index (Phi) is 5.74. The van der Waals surface area contributed by atoms with Crippen LogP contribution in [0.5, 0.6) is 11.5 Å². The molecule has 176 valence electrons. The largest absolute Gasteiger partial charge is 0.508 e. The fourth-order valence-electron chi connectivity index (χ4n) is 4.19. The fraction of sp³-hybridized carbons (Fsp3) is 0.148. The zero-order valence-electron chi connectivity index (χ0n) is 19.1. The van der Waals surface area contributed by atoms with E-state index in [1.807, 2.05) is 32.0 Å². The van der Waals surface area contributed by atoms with Gasteiger partial charge in [0.2, 0.25) is 0 Å². The lowest BCUT2D eigenvalue weighted by Crippen LogP contribution is -2.29. The zero-order chi connectivity index (χ0) is 24.7. The molecular weight excluding hydrogens is 464 g/mol. The van der Waals surface area contributed by atoms with Gasteiger partial charge < -0.3 is 14.9 Å². The normalized spacial score (nSPS) is 17.3. The van der Waals surface area contributed by atoms with Crippen molar-refractivity contribution in [3.63, 3.8) is 0 Å². The molecule has 1 fully saturated rings. The number of ketones is 1. The first-order valence-electron chi connectivity index (χ1n) is 11.1. The second kappa shape index (κ2) is 8.88. The highest BCUT2D eigenvalue weighted by atomic mass is 32.1. The van der Waals surface area contributed by atoms with Crippen molar-refractivity contribution in [1.29, 1.82) is 0 Å². The van der Waals surface area contributed by atoms with E-state index in [1.165, 1.54) is 28.4 Å². The Morgan fingerprint density at radius 1 is 1.09 bits per heavy atom. The molecule has 1 amide bonds. The van der Waals surface area contributed by atoms with E-state index < -0.39 is 17.7 Å². The van der Waals surface area contributed by atoms with Crippen LogP contribution in [-0.2, 0) is 9.59 Å². The number of fused-ring (bicyclic) bond motifs is 1. The molecule has 5 rings (SSSR count). The maximum atomic E-state index is 13.3. The standard InChI is InChI=1S/C27H22N2O5S/c1-3-34-19-10-8-16(9-11-19)24(31)22-23(17-5-4-6-18(30)14-17)29(26(33)25(22)32)27-28-20-12-7-15(2)13-21(20)35-27/h4-14,23,30-31H,3H2,1-2H3/b24-22+. The van der Waals surface area contributed by atoms with Crippen molar-refractivity contribution >= 4 is 44.1 Å². The van der Waals surface area contributed by atoms with Crippen LogP contribution in [0.25, 0.3) is 16.0 Å². The first kappa shape index (κ1) is 22.6. The van der Waals surface area contributed by atoms with E-state index >= 15 is 0 Å². The number of amides is 1. The number of Topliss-reactive ketones (excluding diaryl/α,β-unsaturated/α-hetero) is 1. The highest BCUT2D eigenvalue weighted by Crippen LogP contribution is 2.44. The molecule has 1 aromatic heterocycles. The van der Waals surface area contributed by atoms with Crippen LogP contribution in [0, 0.1) is 6.92 Å². The van der Waals surface area contributed by atoms with E-state index in [1.54, 1.807) is 36.4 Å². The molecule has 8 heteroatoms. The molecule has 35 heavy (non-hydrogen) atoms. The van der Waals surface area contributed by atoms with Gasteiger partial charge in [0.15, 0.2) is 5.13 Å². The van der Waals surface area contributed by atoms with E-state index in [0.29, 0.717) is 34.1 Å². The highest BCUT2D eigenvalue weighted by Gasteiger charge is 2.48. The van der Waals surface area contributed by atoms with Crippen LogP contribution in [0.2, 0.25) is 0 Å². The summed E-state index contributed by atoms with van der Waals surface area (Å²) in [5.41, 5.74) is 2.54. The van der Waals surface area contributed by atoms with E-state index in [0.717, 1.165) is 10.3 Å². The number of hydrogen-bond acceptors (Lipinski definition) is 7. The van der Waals surface area contributed by atoms with E-state index in [4.69, 9.17) is 4.74 Å². The molecule has 0 bridgehead atoms. The molecule has 0 radical (unpaired) electrons. The number of ether oxygens (including phenoxy) is 1. The van der Waals surface area contributed by atoms with Gasteiger partial charge in [-0.2, -0.15) is 0 Å². The SMILES string of the molecule is CCOc1ccc(/C(O)=C2\C(=O)C(=O)N(c3nc4ccc(C)cc4s3)C2c2cccc(O)c2)cc1. The summed E-state index contributed by atoms with van der Waals surface area (Å²) >= 11 is 1.29. The smallest absolute Gasteiger partial charge is 0.301 e. The van der Waals surface area contributed by atoms with Crippen LogP contribution in [-0.4, -0.2) is 33.5 Å². The van der Waals surface area contributed by atoms with Gasteiger partial charge in [-0.1, -0.05) is 29.5 Å². The second-order valence-corrected chi connectivity index (χ2v) is 9.20. The van der Waals surface area contributed by atoms with Gasteiger partial charge in [0, 0.05) is 5.56 Å². The summed E-state index contributed by atoms with van der Waals surface area (Å²) in [5, 5.41) is 21.7. The number of carbonyl (C=O) groups is 2. The average Bonchev–Trinajstić information content (AvgIpc) is 3.37. The number of benzene rings is 3. The van der Waals surface area contributed by atoms with E-state index in [9.17, 15) is 19.8 Å². The molecule has 0 saturated carbocycles. The minimum Gasteiger partial charge on any atom is -0.508 e. The summed E-state index contributed by atoms with van der Waals surface area (Å²) in [5.74, 6) is -1.31. The van der Waals surface area contributed by atoms with Crippen LogP contribution in [0.4, 0.5) is 5.13 Å². The molecule has 7 nitrogen and oxygen atoms in total. The number of hydrogen-bond donors (Lipinski definition) is 2. The number of thiazole rings is 1. The first-order chi connectivity index (χ1) is 16.9. The molecule has 3 aromatic carbocycles. The molecule has 1 unspecified atom stereocenters. The third-order valence-corrected chi connectivity index (χ3v) is 6.83. The van der Waals surface area contributed by atoms with Crippen LogP contribution in [0.15, 0.2) is 72.3 Å². The van der Waals surface area contributed by atoms with Gasteiger partial charge >= 0.3 is 5.91 Å². The Hall–Kier alpha value is -4.17. The molecule has 1 atom stereocenters. The second-order valence-electron chi connectivity index (χ2n) is 8.19. The zero-order valence-corrected chi connectivity index (χ0v) is 19.9. The third-order valence-electron chi connectivity index (χ3n) is 5.81. The monoisotopic (exact) mass is 486 g/mol. The predicted octanol–water partition coefficient (Wildman–Crippen LogP) is 5.34. The molecule has 1 saturated heterocycles.